The van der Waals surface area contributed by atoms with E-state index >= 15 is 0 Å². The highest BCUT2D eigenvalue weighted by Gasteiger charge is 2.18. The van der Waals surface area contributed by atoms with Gasteiger partial charge in [-0.3, -0.25) is 9.59 Å². The lowest BCUT2D eigenvalue weighted by Gasteiger charge is -2.16. The molecule has 182 valence electrons. The molecule has 10 heteroatoms. The Morgan fingerprint density at radius 1 is 1.03 bits per heavy atom. The van der Waals surface area contributed by atoms with Gasteiger partial charge in [-0.15, -0.1) is 0 Å². The number of nitriles is 1. The maximum atomic E-state index is 13.6. The fourth-order valence-corrected chi connectivity index (χ4v) is 3.63. The van der Waals surface area contributed by atoms with Gasteiger partial charge in [-0.2, -0.15) is 5.26 Å². The molecule has 0 bridgehead atoms. The Balaban J connectivity index is 1.93. The van der Waals surface area contributed by atoms with Gasteiger partial charge in [0.1, 0.15) is 28.7 Å². The summed E-state index contributed by atoms with van der Waals surface area (Å²) in [6, 6.07) is 13.9. The number of halogens is 2. The second-order valence-corrected chi connectivity index (χ2v) is 7.62. The summed E-state index contributed by atoms with van der Waals surface area (Å²) in [6.07, 6.45) is 1.28. The van der Waals surface area contributed by atoms with Gasteiger partial charge >= 0.3 is 0 Å². The second kappa shape index (κ2) is 10.2. The van der Waals surface area contributed by atoms with Crippen molar-refractivity contribution in [1.82, 2.24) is 4.57 Å². The van der Waals surface area contributed by atoms with Crippen molar-refractivity contribution < 1.29 is 27.8 Å². The smallest absolute Gasteiger partial charge is 0.261 e. The molecule has 4 rings (SSSR count). The lowest BCUT2D eigenvalue weighted by molar-refractivity contribution is 0.0512. The number of methoxy groups -OCH3 is 2. The SMILES string of the molecule is COCOc1ccc2c(=O)c(C(=O)Nc3cc(F)cc(F)c3)cn(-c3cc(C#N)cc(OC)c3)c2c1. The Morgan fingerprint density at radius 3 is 2.44 bits per heavy atom. The second-order valence-electron chi connectivity index (χ2n) is 7.62. The van der Waals surface area contributed by atoms with Crippen molar-refractivity contribution in [3.8, 4) is 23.3 Å². The molecular weight excluding hydrogens is 472 g/mol. The molecule has 0 saturated carbocycles. The van der Waals surface area contributed by atoms with Crippen molar-refractivity contribution in [3.63, 3.8) is 0 Å². The highest BCUT2D eigenvalue weighted by Crippen LogP contribution is 2.26. The van der Waals surface area contributed by atoms with E-state index in [9.17, 15) is 23.6 Å². The van der Waals surface area contributed by atoms with Crippen LogP contribution in [0.15, 0.2) is 65.6 Å². The first-order valence-corrected chi connectivity index (χ1v) is 10.5. The molecule has 4 aromatic rings. The number of ether oxygens (including phenoxy) is 3. The maximum absolute atomic E-state index is 13.6. The van der Waals surface area contributed by atoms with Crippen molar-refractivity contribution in [2.24, 2.45) is 0 Å². The normalized spacial score (nSPS) is 10.6. The molecule has 0 radical (unpaired) electrons. The van der Waals surface area contributed by atoms with E-state index in [2.05, 4.69) is 5.32 Å². The number of nitrogens with zero attached hydrogens (tertiary/aromatic N) is 2. The van der Waals surface area contributed by atoms with Crippen LogP contribution < -0.4 is 20.2 Å². The predicted molar refractivity (Wildman–Crippen MR) is 128 cm³/mol. The van der Waals surface area contributed by atoms with Crippen LogP contribution in [-0.2, 0) is 4.74 Å². The highest BCUT2D eigenvalue weighted by molar-refractivity contribution is 6.06. The summed E-state index contributed by atoms with van der Waals surface area (Å²) in [5, 5.41) is 12.0. The van der Waals surface area contributed by atoms with Crippen LogP contribution in [0, 0.1) is 23.0 Å². The van der Waals surface area contributed by atoms with E-state index in [1.807, 2.05) is 6.07 Å². The van der Waals surface area contributed by atoms with Gasteiger partial charge in [-0.1, -0.05) is 0 Å². The van der Waals surface area contributed by atoms with E-state index in [1.54, 1.807) is 24.3 Å². The third-order valence-corrected chi connectivity index (χ3v) is 5.22. The zero-order chi connectivity index (χ0) is 25.8. The quantitative estimate of drug-likeness (QED) is 0.385. The van der Waals surface area contributed by atoms with Gasteiger partial charge in [-0.25, -0.2) is 8.78 Å². The first-order chi connectivity index (χ1) is 17.3. The van der Waals surface area contributed by atoms with Gasteiger partial charge in [-0.05, 0) is 36.4 Å². The van der Waals surface area contributed by atoms with E-state index in [1.165, 1.54) is 37.1 Å². The number of fused-ring (bicyclic) bond motifs is 1. The molecule has 0 spiro atoms. The average molecular weight is 491 g/mol. The summed E-state index contributed by atoms with van der Waals surface area (Å²) < 4.78 is 44.5. The molecule has 0 atom stereocenters. The molecular formula is C26H19F2N3O5. The van der Waals surface area contributed by atoms with Crippen LogP contribution in [-0.4, -0.2) is 31.5 Å². The third kappa shape index (κ3) is 5.01. The number of carbonyl (C=O) groups excluding carboxylic acids is 1. The molecule has 36 heavy (non-hydrogen) atoms. The number of amides is 1. The number of hydrogen-bond donors (Lipinski definition) is 1. The summed E-state index contributed by atoms with van der Waals surface area (Å²) in [6.45, 7) is -0.0296. The minimum absolute atomic E-state index is 0.0296. The van der Waals surface area contributed by atoms with Crippen molar-refractivity contribution in [2.45, 2.75) is 0 Å². The van der Waals surface area contributed by atoms with Crippen LogP contribution in [0.2, 0.25) is 0 Å². The van der Waals surface area contributed by atoms with Gasteiger partial charge in [0, 0.05) is 42.6 Å². The Morgan fingerprint density at radius 2 is 1.78 bits per heavy atom. The maximum Gasteiger partial charge on any atom is 0.261 e. The molecule has 0 saturated heterocycles. The van der Waals surface area contributed by atoms with Gasteiger partial charge in [0.15, 0.2) is 6.79 Å². The molecule has 0 aliphatic heterocycles. The monoisotopic (exact) mass is 491 g/mol. The van der Waals surface area contributed by atoms with Crippen LogP contribution in [0.25, 0.3) is 16.6 Å². The van der Waals surface area contributed by atoms with Crippen molar-refractivity contribution in [2.75, 3.05) is 26.3 Å². The Bertz CT molecular complexity index is 1560. The summed E-state index contributed by atoms with van der Waals surface area (Å²) in [5.74, 6) is -1.86. The van der Waals surface area contributed by atoms with Crippen molar-refractivity contribution in [3.05, 3.63) is 93.8 Å². The van der Waals surface area contributed by atoms with Gasteiger partial charge in [0.25, 0.3) is 5.91 Å². The van der Waals surface area contributed by atoms with Gasteiger partial charge in [0.05, 0.1) is 29.9 Å². The van der Waals surface area contributed by atoms with Gasteiger partial charge in [0.2, 0.25) is 5.43 Å². The number of nitrogens with one attached hydrogen (secondary N) is 1. The Labute approximate surface area is 203 Å². The number of pyridine rings is 1. The lowest BCUT2D eigenvalue weighted by Crippen LogP contribution is -2.24. The standard InChI is InChI=1S/C26H19F2N3O5/c1-34-14-36-20-3-4-22-24(11-20)31(19-5-15(12-29)6-21(10-19)35-2)13-23(25(22)32)26(33)30-18-8-16(27)7-17(28)9-18/h3-11,13H,14H2,1-2H3,(H,30,33). The number of benzene rings is 3. The van der Waals surface area contributed by atoms with E-state index in [0.29, 0.717) is 28.8 Å². The van der Waals surface area contributed by atoms with Crippen LogP contribution in [0.4, 0.5) is 14.5 Å². The zero-order valence-electron chi connectivity index (χ0n) is 19.2. The van der Waals surface area contributed by atoms with Crippen LogP contribution >= 0.6 is 0 Å². The van der Waals surface area contributed by atoms with Crippen LogP contribution in [0.5, 0.6) is 11.5 Å². The van der Waals surface area contributed by atoms with Crippen molar-refractivity contribution in [1.29, 1.82) is 5.26 Å². The molecule has 1 amide bonds. The number of hydrogen-bond acceptors (Lipinski definition) is 6. The van der Waals surface area contributed by atoms with Crippen LogP contribution in [0.1, 0.15) is 15.9 Å². The largest absolute Gasteiger partial charge is 0.497 e. The summed E-state index contributed by atoms with van der Waals surface area (Å²) in [4.78, 5) is 26.3. The van der Waals surface area contributed by atoms with Crippen molar-refractivity contribution >= 4 is 22.5 Å². The fourth-order valence-electron chi connectivity index (χ4n) is 3.63. The minimum Gasteiger partial charge on any atom is -0.497 e. The first-order valence-electron chi connectivity index (χ1n) is 10.5. The van der Waals surface area contributed by atoms with E-state index < -0.39 is 23.0 Å². The minimum atomic E-state index is -0.884. The number of carbonyl (C=O) groups is 1. The molecule has 0 aliphatic rings. The topological polar surface area (TPSA) is 103 Å². The Kier molecular flexibility index (Phi) is 6.94. The molecule has 0 aliphatic carbocycles. The summed E-state index contributed by atoms with van der Waals surface area (Å²) >= 11 is 0. The van der Waals surface area contributed by atoms with Crippen LogP contribution in [0.3, 0.4) is 0 Å². The highest BCUT2D eigenvalue weighted by atomic mass is 19.1. The molecule has 1 N–H and O–H groups in total. The number of anilines is 1. The molecule has 1 aromatic heterocycles. The van der Waals surface area contributed by atoms with E-state index in [-0.39, 0.29) is 29.0 Å². The Hall–Kier alpha value is -4.75. The fraction of sp³-hybridized carbons (Fsp3) is 0.115. The predicted octanol–water partition coefficient (Wildman–Crippen LogP) is 4.38. The number of rotatable bonds is 7. The first kappa shape index (κ1) is 24.4. The molecule has 0 unspecified atom stereocenters. The average Bonchev–Trinajstić information content (AvgIpc) is 2.86. The molecule has 8 nitrogen and oxygen atoms in total. The van der Waals surface area contributed by atoms with E-state index in [0.717, 1.165) is 12.1 Å². The summed E-state index contributed by atoms with van der Waals surface area (Å²) in [5.41, 5.74) is 0.0188. The molecule has 1 heterocycles. The van der Waals surface area contributed by atoms with E-state index in [4.69, 9.17) is 14.2 Å². The zero-order valence-corrected chi connectivity index (χ0v) is 19.2. The molecule has 0 fully saturated rings. The third-order valence-electron chi connectivity index (χ3n) is 5.22. The number of aromatic nitrogens is 1. The molecule has 3 aromatic carbocycles. The lowest BCUT2D eigenvalue weighted by atomic mass is 10.1. The summed E-state index contributed by atoms with van der Waals surface area (Å²) in [7, 11) is 2.91. The van der Waals surface area contributed by atoms with Gasteiger partial charge < -0.3 is 24.1 Å².